The van der Waals surface area contributed by atoms with Crippen molar-refractivity contribution in [2.24, 2.45) is 23.2 Å². The van der Waals surface area contributed by atoms with Crippen molar-refractivity contribution in [3.05, 3.63) is 53.0 Å². The molecule has 1 aliphatic heterocycles. The Kier molecular flexibility index (Phi) is 4.87. The number of nitrogens with one attached hydrogen (secondary N) is 1. The lowest BCUT2D eigenvalue weighted by atomic mass is 9.49. The van der Waals surface area contributed by atoms with E-state index in [1.165, 1.54) is 36.0 Å². The van der Waals surface area contributed by atoms with E-state index in [0.29, 0.717) is 27.0 Å². The summed E-state index contributed by atoms with van der Waals surface area (Å²) in [5.41, 5.74) is 3.66. The number of thiocarbonyl (C=S) groups is 1. The summed E-state index contributed by atoms with van der Waals surface area (Å²) in [6, 6.07) is 9.91. The second-order valence-electron chi connectivity index (χ2n) is 8.95. The Balaban J connectivity index is 1.28. The van der Waals surface area contributed by atoms with Gasteiger partial charge in [0.05, 0.1) is 10.3 Å². The van der Waals surface area contributed by atoms with Crippen molar-refractivity contribution < 1.29 is 9.59 Å². The van der Waals surface area contributed by atoms with Crippen LogP contribution in [-0.4, -0.2) is 21.1 Å². The summed E-state index contributed by atoms with van der Waals surface area (Å²) in [5.74, 6) is 1.80. The van der Waals surface area contributed by atoms with Crippen molar-refractivity contribution >= 4 is 46.2 Å². The smallest absolute Gasteiger partial charge is 0.273 e. The summed E-state index contributed by atoms with van der Waals surface area (Å²) in [6.07, 6.45) is 12.3. The zero-order chi connectivity index (χ0) is 20.0. The summed E-state index contributed by atoms with van der Waals surface area (Å²) in [4.78, 5) is 26.6. The van der Waals surface area contributed by atoms with Crippen LogP contribution in [-0.2, 0) is 9.59 Å². The molecule has 6 heteroatoms. The Morgan fingerprint density at radius 1 is 1.10 bits per heavy atom. The van der Waals surface area contributed by atoms with Crippen LogP contribution in [0.3, 0.4) is 0 Å². The van der Waals surface area contributed by atoms with Crippen molar-refractivity contribution in [1.82, 2.24) is 10.4 Å². The van der Waals surface area contributed by atoms with Crippen LogP contribution in [0, 0.1) is 23.2 Å². The van der Waals surface area contributed by atoms with E-state index in [1.807, 2.05) is 42.5 Å². The minimum absolute atomic E-state index is 0.00558. The number of rotatable bonds is 4. The predicted octanol–water partition coefficient (Wildman–Crippen LogP) is 4.69. The van der Waals surface area contributed by atoms with Crippen molar-refractivity contribution in [3.8, 4) is 0 Å². The molecule has 0 unspecified atom stereocenters. The van der Waals surface area contributed by atoms with Crippen LogP contribution in [0.15, 0.2) is 47.4 Å². The molecule has 4 aliphatic carbocycles. The topological polar surface area (TPSA) is 49.4 Å². The van der Waals surface area contributed by atoms with Gasteiger partial charge in [-0.25, -0.2) is 0 Å². The number of hydrogen-bond donors (Lipinski definition) is 1. The first-order chi connectivity index (χ1) is 14.0. The number of hydrazine groups is 1. The number of amides is 2. The van der Waals surface area contributed by atoms with Crippen molar-refractivity contribution in [2.45, 2.75) is 38.5 Å². The van der Waals surface area contributed by atoms with Crippen LogP contribution in [0.25, 0.3) is 6.08 Å². The second kappa shape index (κ2) is 7.40. The van der Waals surface area contributed by atoms with Crippen molar-refractivity contribution in [3.63, 3.8) is 0 Å². The van der Waals surface area contributed by atoms with Crippen LogP contribution < -0.4 is 5.43 Å². The van der Waals surface area contributed by atoms with Gasteiger partial charge in [0.25, 0.3) is 5.91 Å². The molecule has 5 fully saturated rings. The van der Waals surface area contributed by atoms with Gasteiger partial charge < -0.3 is 0 Å². The Bertz CT molecular complexity index is 887. The lowest BCUT2D eigenvalue weighted by Crippen LogP contribution is -2.57. The van der Waals surface area contributed by atoms with Gasteiger partial charge in [-0.15, -0.1) is 0 Å². The molecule has 0 atom stereocenters. The van der Waals surface area contributed by atoms with Crippen LogP contribution in [0.5, 0.6) is 0 Å². The summed E-state index contributed by atoms with van der Waals surface area (Å²) >= 11 is 6.63. The average molecular weight is 425 g/mol. The predicted molar refractivity (Wildman–Crippen MR) is 119 cm³/mol. The first kappa shape index (κ1) is 19.1. The first-order valence-corrected chi connectivity index (χ1v) is 11.6. The fraction of sp³-hybridized carbons (Fsp3) is 0.435. The number of benzene rings is 1. The molecule has 29 heavy (non-hydrogen) atoms. The van der Waals surface area contributed by atoms with Gasteiger partial charge in [-0.05, 0) is 80.1 Å². The van der Waals surface area contributed by atoms with Gasteiger partial charge in [-0.2, -0.15) is 5.01 Å². The van der Waals surface area contributed by atoms with E-state index >= 15 is 0 Å². The molecule has 0 spiro atoms. The lowest BCUT2D eigenvalue weighted by Gasteiger charge is -2.55. The van der Waals surface area contributed by atoms with Gasteiger partial charge >= 0.3 is 0 Å². The zero-order valence-electron chi connectivity index (χ0n) is 16.2. The third-order valence-electron chi connectivity index (χ3n) is 6.86. The molecule has 2 amide bonds. The highest BCUT2D eigenvalue weighted by Gasteiger charge is 2.55. The van der Waals surface area contributed by atoms with E-state index in [-0.39, 0.29) is 17.2 Å². The number of carbonyl (C=O) groups is 2. The Morgan fingerprint density at radius 3 is 2.34 bits per heavy atom. The zero-order valence-corrected chi connectivity index (χ0v) is 17.8. The third kappa shape index (κ3) is 3.57. The Labute approximate surface area is 180 Å². The fourth-order valence-electron chi connectivity index (χ4n) is 6.00. The van der Waals surface area contributed by atoms with Crippen LogP contribution in [0.2, 0.25) is 0 Å². The quantitative estimate of drug-likeness (QED) is 0.563. The summed E-state index contributed by atoms with van der Waals surface area (Å²) in [7, 11) is 0. The van der Waals surface area contributed by atoms with Gasteiger partial charge in [-0.1, -0.05) is 54.2 Å². The molecule has 1 saturated heterocycles. The molecule has 1 aromatic rings. The molecule has 1 aromatic carbocycles. The largest absolute Gasteiger partial charge is 0.285 e. The monoisotopic (exact) mass is 424 g/mol. The highest BCUT2D eigenvalue weighted by Crippen LogP contribution is 2.60. The fourth-order valence-corrected chi connectivity index (χ4v) is 7.13. The number of allylic oxidation sites excluding steroid dienone is 2. The minimum Gasteiger partial charge on any atom is -0.273 e. The minimum atomic E-state index is -0.297. The maximum absolute atomic E-state index is 13.2. The van der Waals surface area contributed by atoms with Gasteiger partial charge in [0.15, 0.2) is 4.32 Å². The molecular formula is C23H24N2O2S2. The van der Waals surface area contributed by atoms with E-state index in [0.717, 1.165) is 24.8 Å². The van der Waals surface area contributed by atoms with Gasteiger partial charge in [0, 0.05) is 0 Å². The van der Waals surface area contributed by atoms with Crippen LogP contribution >= 0.6 is 24.0 Å². The number of hydrogen-bond acceptors (Lipinski definition) is 4. The number of thioether (sulfide) groups is 1. The molecule has 1 heterocycles. The van der Waals surface area contributed by atoms with E-state index in [1.54, 1.807) is 6.08 Å². The Morgan fingerprint density at radius 2 is 1.72 bits per heavy atom. The maximum atomic E-state index is 13.2. The first-order valence-electron chi connectivity index (χ1n) is 10.3. The van der Waals surface area contributed by atoms with Crippen LogP contribution in [0.1, 0.15) is 44.1 Å². The van der Waals surface area contributed by atoms with Crippen LogP contribution in [0.4, 0.5) is 0 Å². The van der Waals surface area contributed by atoms with Crippen molar-refractivity contribution in [1.29, 1.82) is 0 Å². The standard InChI is InChI=1S/C23H24N2O2S2/c26-20-19(8-4-7-15-5-2-1-3-6-15)29-22(28)25(20)24-21(27)23-12-16-9-17(13-23)11-18(10-16)14-23/h1-8,16-18H,9-14H2,(H,24,27)/b7-4-,19-8+. The summed E-state index contributed by atoms with van der Waals surface area (Å²) in [6.45, 7) is 0. The van der Waals surface area contributed by atoms with E-state index in [4.69, 9.17) is 12.2 Å². The maximum Gasteiger partial charge on any atom is 0.285 e. The van der Waals surface area contributed by atoms with Gasteiger partial charge in [0.1, 0.15) is 0 Å². The normalized spacial score (nSPS) is 34.6. The highest BCUT2D eigenvalue weighted by molar-refractivity contribution is 8.26. The highest BCUT2D eigenvalue weighted by atomic mass is 32.2. The molecule has 4 nitrogen and oxygen atoms in total. The van der Waals surface area contributed by atoms with E-state index in [2.05, 4.69) is 5.43 Å². The molecule has 0 aromatic heterocycles. The van der Waals surface area contributed by atoms with Crippen molar-refractivity contribution in [2.75, 3.05) is 0 Å². The third-order valence-corrected chi connectivity index (χ3v) is 8.18. The van der Waals surface area contributed by atoms with Gasteiger partial charge in [-0.3, -0.25) is 15.0 Å². The summed E-state index contributed by atoms with van der Waals surface area (Å²) in [5, 5.41) is 1.28. The molecule has 5 aliphatic rings. The lowest BCUT2D eigenvalue weighted by molar-refractivity contribution is -0.152. The van der Waals surface area contributed by atoms with E-state index in [9.17, 15) is 9.59 Å². The number of carbonyl (C=O) groups excluding carboxylic acids is 2. The molecule has 150 valence electrons. The average Bonchev–Trinajstić information content (AvgIpc) is 2.95. The SMILES string of the molecule is O=C1/C(=C\C=C/c2ccccc2)SC(=S)N1NC(=O)C12CC3CC(CC(C3)C1)C2. The summed E-state index contributed by atoms with van der Waals surface area (Å²) < 4.78 is 0.396. The number of nitrogens with zero attached hydrogens (tertiary/aromatic N) is 1. The molecule has 6 rings (SSSR count). The second-order valence-corrected chi connectivity index (χ2v) is 10.6. The van der Waals surface area contributed by atoms with E-state index < -0.39 is 0 Å². The molecule has 1 N–H and O–H groups in total. The molecule has 4 bridgehead atoms. The Hall–Kier alpha value is -1.92. The molecule has 0 radical (unpaired) electrons. The molecular weight excluding hydrogens is 400 g/mol. The molecule has 4 saturated carbocycles. The van der Waals surface area contributed by atoms with Gasteiger partial charge in [0.2, 0.25) is 5.91 Å².